The van der Waals surface area contributed by atoms with Gasteiger partial charge in [-0.05, 0) is 61.8 Å². The van der Waals surface area contributed by atoms with Crippen LogP contribution in [0.4, 0.5) is 5.69 Å². The number of allylic oxidation sites excluding steroid dienone is 2. The Bertz CT molecular complexity index is 645. The lowest BCUT2D eigenvalue weighted by atomic mass is 9.66. The van der Waals surface area contributed by atoms with Crippen molar-refractivity contribution in [3.05, 3.63) is 53.8 Å². The predicted molar refractivity (Wildman–Crippen MR) is 110 cm³/mol. The van der Waals surface area contributed by atoms with Gasteiger partial charge in [-0.25, -0.2) is 0 Å². The minimum absolute atomic E-state index is 0.0239. The van der Waals surface area contributed by atoms with Crippen LogP contribution in [0.25, 0.3) is 0 Å². The van der Waals surface area contributed by atoms with Crippen molar-refractivity contribution < 1.29 is 4.74 Å². The van der Waals surface area contributed by atoms with E-state index in [-0.39, 0.29) is 5.41 Å². The van der Waals surface area contributed by atoms with Gasteiger partial charge in [0.25, 0.3) is 0 Å². The zero-order chi connectivity index (χ0) is 18.4. The van der Waals surface area contributed by atoms with Crippen LogP contribution >= 0.6 is 0 Å². The van der Waals surface area contributed by atoms with Crippen LogP contribution in [-0.4, -0.2) is 26.7 Å². The maximum atomic E-state index is 6.39. The normalized spacial score (nSPS) is 24.3. The molecule has 0 spiro atoms. The Labute approximate surface area is 158 Å². The minimum atomic E-state index is -0.0239. The van der Waals surface area contributed by atoms with Crippen molar-refractivity contribution in [3.63, 3.8) is 0 Å². The van der Waals surface area contributed by atoms with E-state index < -0.39 is 0 Å². The van der Waals surface area contributed by atoms with Gasteiger partial charge in [0.2, 0.25) is 0 Å². The van der Waals surface area contributed by atoms with E-state index in [0.29, 0.717) is 12.5 Å². The zero-order valence-corrected chi connectivity index (χ0v) is 16.4. The quantitative estimate of drug-likeness (QED) is 0.749. The van der Waals surface area contributed by atoms with Crippen molar-refractivity contribution >= 4 is 5.69 Å². The molecule has 1 saturated heterocycles. The van der Waals surface area contributed by atoms with Crippen molar-refractivity contribution in [2.45, 2.75) is 51.4 Å². The number of hydrogen-bond donors (Lipinski definition) is 1. The molecule has 2 N–H and O–H groups in total. The molecule has 2 aliphatic rings. The smallest absolute Gasteiger partial charge is 0.114 e. The second kappa shape index (κ2) is 8.77. The Hall–Kier alpha value is -1.74. The van der Waals surface area contributed by atoms with E-state index in [1.807, 2.05) is 0 Å². The summed E-state index contributed by atoms with van der Waals surface area (Å²) in [7, 11) is 1.74. The van der Waals surface area contributed by atoms with Crippen LogP contribution in [0.3, 0.4) is 0 Å². The van der Waals surface area contributed by atoms with Gasteiger partial charge < -0.3 is 15.4 Å². The van der Waals surface area contributed by atoms with Crippen molar-refractivity contribution in [1.29, 1.82) is 0 Å². The molecule has 1 aliphatic carbocycles. The van der Waals surface area contributed by atoms with Gasteiger partial charge >= 0.3 is 0 Å². The first kappa shape index (κ1) is 19.0. The maximum absolute atomic E-state index is 6.39. The zero-order valence-electron chi connectivity index (χ0n) is 16.4. The van der Waals surface area contributed by atoms with Crippen molar-refractivity contribution in [2.75, 3.05) is 31.6 Å². The second-order valence-corrected chi connectivity index (χ2v) is 7.73. The highest BCUT2D eigenvalue weighted by Gasteiger charge is 2.38. The molecule has 1 unspecified atom stereocenters. The fraction of sp³-hybridized carbons (Fsp3) is 0.565. The average Bonchev–Trinajstić information content (AvgIpc) is 2.73. The van der Waals surface area contributed by atoms with E-state index in [9.17, 15) is 0 Å². The summed E-state index contributed by atoms with van der Waals surface area (Å²) >= 11 is 0. The molecule has 3 nitrogen and oxygen atoms in total. The van der Waals surface area contributed by atoms with Crippen LogP contribution in [0.5, 0.6) is 0 Å². The molecule has 0 radical (unpaired) electrons. The highest BCUT2D eigenvalue weighted by Crippen LogP contribution is 2.48. The lowest BCUT2D eigenvalue weighted by Crippen LogP contribution is -2.37. The summed E-state index contributed by atoms with van der Waals surface area (Å²) in [4.78, 5) is 2.59. The van der Waals surface area contributed by atoms with Gasteiger partial charge in [-0.2, -0.15) is 0 Å². The Morgan fingerprint density at radius 3 is 2.58 bits per heavy atom. The van der Waals surface area contributed by atoms with Gasteiger partial charge in [0, 0.05) is 30.7 Å². The van der Waals surface area contributed by atoms with Gasteiger partial charge in [-0.1, -0.05) is 37.6 Å². The summed E-state index contributed by atoms with van der Waals surface area (Å²) in [5, 5.41) is 0. The molecule has 1 heterocycles. The molecule has 0 bridgehead atoms. The average molecular weight is 355 g/mol. The Kier molecular flexibility index (Phi) is 6.42. The molecule has 0 amide bonds. The summed E-state index contributed by atoms with van der Waals surface area (Å²) in [6.45, 7) is 5.30. The SMILES string of the molecule is CCCC(c1ccccc1N1CCCCC1)[C@@]1(CN)C=CC(OC)=CC1. The highest BCUT2D eigenvalue weighted by atomic mass is 16.5. The number of methoxy groups -OCH3 is 1. The van der Waals surface area contributed by atoms with Crippen LogP contribution in [-0.2, 0) is 4.74 Å². The number of nitrogens with zero attached hydrogens (tertiary/aromatic N) is 1. The highest BCUT2D eigenvalue weighted by molar-refractivity contribution is 5.56. The molecule has 3 rings (SSSR count). The standard InChI is InChI=1S/C23H34N2O/c1-3-9-21(23(18-24)14-12-19(26-2)13-15-23)20-10-5-6-11-22(20)25-16-7-4-8-17-25/h5-6,10-14,21H,3-4,7-9,15-18,24H2,1-2H3/t21?,23-/m0/s1. The second-order valence-electron chi connectivity index (χ2n) is 7.73. The Morgan fingerprint density at radius 1 is 1.19 bits per heavy atom. The fourth-order valence-corrected chi connectivity index (χ4v) is 4.62. The summed E-state index contributed by atoms with van der Waals surface area (Å²) in [5.41, 5.74) is 9.26. The van der Waals surface area contributed by atoms with Gasteiger partial charge in [0.15, 0.2) is 0 Å². The number of hydrogen-bond acceptors (Lipinski definition) is 3. The fourth-order valence-electron chi connectivity index (χ4n) is 4.62. The Morgan fingerprint density at radius 2 is 1.96 bits per heavy atom. The lowest BCUT2D eigenvalue weighted by molar-refractivity contribution is 0.265. The molecule has 1 fully saturated rings. The van der Waals surface area contributed by atoms with Crippen molar-refractivity contribution in [3.8, 4) is 0 Å². The van der Waals surface area contributed by atoms with Crippen LogP contribution in [0, 0.1) is 5.41 Å². The third kappa shape index (κ3) is 3.83. The number of ether oxygens (including phenoxy) is 1. The topological polar surface area (TPSA) is 38.5 Å². The summed E-state index contributed by atoms with van der Waals surface area (Å²) in [6.07, 6.45) is 13.9. The number of para-hydroxylation sites is 1. The summed E-state index contributed by atoms with van der Waals surface area (Å²) < 4.78 is 5.42. The van der Waals surface area contributed by atoms with Gasteiger partial charge in [0.1, 0.15) is 5.76 Å². The van der Waals surface area contributed by atoms with Crippen LogP contribution in [0.2, 0.25) is 0 Å². The van der Waals surface area contributed by atoms with E-state index >= 15 is 0 Å². The monoisotopic (exact) mass is 354 g/mol. The van der Waals surface area contributed by atoms with E-state index in [0.717, 1.165) is 25.0 Å². The van der Waals surface area contributed by atoms with E-state index in [4.69, 9.17) is 10.5 Å². The molecular weight excluding hydrogens is 320 g/mol. The number of benzene rings is 1. The first-order chi connectivity index (χ1) is 12.7. The molecule has 0 saturated carbocycles. The van der Waals surface area contributed by atoms with E-state index in [1.165, 1.54) is 43.6 Å². The third-order valence-corrected chi connectivity index (χ3v) is 6.16. The van der Waals surface area contributed by atoms with Crippen LogP contribution in [0.15, 0.2) is 48.3 Å². The van der Waals surface area contributed by atoms with Crippen LogP contribution in [0.1, 0.15) is 56.9 Å². The molecule has 2 atom stereocenters. The molecule has 3 heteroatoms. The van der Waals surface area contributed by atoms with Crippen LogP contribution < -0.4 is 10.6 Å². The lowest BCUT2D eigenvalue weighted by Gasteiger charge is -2.41. The first-order valence-electron chi connectivity index (χ1n) is 10.2. The molecule has 1 aromatic carbocycles. The first-order valence-corrected chi connectivity index (χ1v) is 10.2. The number of piperidine rings is 1. The maximum Gasteiger partial charge on any atom is 0.114 e. The Balaban J connectivity index is 1.98. The molecular formula is C23H34N2O. The predicted octanol–water partition coefficient (Wildman–Crippen LogP) is 5.00. The van der Waals surface area contributed by atoms with Gasteiger partial charge in [0.05, 0.1) is 7.11 Å². The molecule has 1 aliphatic heterocycles. The van der Waals surface area contributed by atoms with Gasteiger partial charge in [-0.3, -0.25) is 0 Å². The molecule has 26 heavy (non-hydrogen) atoms. The number of anilines is 1. The van der Waals surface area contributed by atoms with Gasteiger partial charge in [-0.15, -0.1) is 0 Å². The summed E-state index contributed by atoms with van der Waals surface area (Å²) in [5.74, 6) is 1.38. The third-order valence-electron chi connectivity index (χ3n) is 6.16. The van der Waals surface area contributed by atoms with E-state index in [1.54, 1.807) is 7.11 Å². The van der Waals surface area contributed by atoms with E-state index in [2.05, 4.69) is 54.3 Å². The molecule has 142 valence electrons. The molecule has 0 aromatic heterocycles. The molecule has 1 aromatic rings. The summed E-state index contributed by atoms with van der Waals surface area (Å²) in [6, 6.07) is 9.03. The largest absolute Gasteiger partial charge is 0.497 e. The number of rotatable bonds is 7. The van der Waals surface area contributed by atoms with Crippen molar-refractivity contribution in [1.82, 2.24) is 0 Å². The number of nitrogens with two attached hydrogens (primary N) is 1. The minimum Gasteiger partial charge on any atom is -0.497 e. The van der Waals surface area contributed by atoms with Crippen molar-refractivity contribution in [2.24, 2.45) is 11.1 Å².